The van der Waals surface area contributed by atoms with E-state index in [2.05, 4.69) is 0 Å². The van der Waals surface area contributed by atoms with Crippen LogP contribution in [0.25, 0.3) is 22.1 Å². The summed E-state index contributed by atoms with van der Waals surface area (Å²) in [7, 11) is 0. The SMILES string of the molecule is O=c1c2c(oc3cc(O)cc(O)c13)C(O)Oc1cc(O)ccc1-2. The number of aliphatic hydroxyl groups is 1. The Labute approximate surface area is 128 Å². The van der Waals surface area contributed by atoms with E-state index < -0.39 is 17.5 Å². The van der Waals surface area contributed by atoms with E-state index in [0.29, 0.717) is 5.56 Å². The van der Waals surface area contributed by atoms with Gasteiger partial charge in [-0.05, 0) is 12.1 Å². The maximum atomic E-state index is 12.8. The Morgan fingerprint density at radius 3 is 2.57 bits per heavy atom. The zero-order valence-corrected chi connectivity index (χ0v) is 11.5. The fraction of sp³-hybridized carbons (Fsp3) is 0.0625. The molecule has 1 aliphatic heterocycles. The Kier molecular flexibility index (Phi) is 2.58. The average molecular weight is 314 g/mol. The summed E-state index contributed by atoms with van der Waals surface area (Å²) in [5.74, 6) is -0.814. The molecule has 0 aliphatic carbocycles. The molecule has 2 heterocycles. The summed E-state index contributed by atoms with van der Waals surface area (Å²) >= 11 is 0. The van der Waals surface area contributed by atoms with E-state index >= 15 is 0 Å². The van der Waals surface area contributed by atoms with Crippen LogP contribution in [0.2, 0.25) is 0 Å². The number of aromatic hydroxyl groups is 3. The summed E-state index contributed by atoms with van der Waals surface area (Å²) in [6, 6.07) is 6.27. The molecular weight excluding hydrogens is 304 g/mol. The summed E-state index contributed by atoms with van der Waals surface area (Å²) in [4.78, 5) is 12.8. The van der Waals surface area contributed by atoms with Crippen molar-refractivity contribution in [3.05, 3.63) is 46.3 Å². The lowest BCUT2D eigenvalue weighted by molar-refractivity contribution is -0.0377. The van der Waals surface area contributed by atoms with Gasteiger partial charge in [-0.25, -0.2) is 0 Å². The molecule has 1 atom stereocenters. The number of hydrogen-bond acceptors (Lipinski definition) is 7. The number of benzene rings is 2. The van der Waals surface area contributed by atoms with Gasteiger partial charge in [-0.3, -0.25) is 4.79 Å². The van der Waals surface area contributed by atoms with Gasteiger partial charge in [-0.2, -0.15) is 0 Å². The molecule has 4 rings (SSSR count). The van der Waals surface area contributed by atoms with E-state index in [0.717, 1.165) is 12.1 Å². The van der Waals surface area contributed by atoms with Crippen molar-refractivity contribution in [3.8, 4) is 34.1 Å². The highest BCUT2D eigenvalue weighted by molar-refractivity contribution is 5.90. The Hall–Kier alpha value is -3.19. The summed E-state index contributed by atoms with van der Waals surface area (Å²) in [6.45, 7) is 0. The first-order chi connectivity index (χ1) is 11.0. The van der Waals surface area contributed by atoms with E-state index in [1.807, 2.05) is 0 Å². The van der Waals surface area contributed by atoms with Gasteiger partial charge in [-0.1, -0.05) is 0 Å². The van der Waals surface area contributed by atoms with Crippen LogP contribution in [-0.2, 0) is 0 Å². The maximum Gasteiger partial charge on any atom is 0.257 e. The Bertz CT molecular complexity index is 1020. The molecule has 23 heavy (non-hydrogen) atoms. The number of phenols is 3. The Morgan fingerprint density at radius 1 is 1.00 bits per heavy atom. The van der Waals surface area contributed by atoms with Crippen molar-refractivity contribution in [1.82, 2.24) is 0 Å². The third kappa shape index (κ3) is 1.84. The monoisotopic (exact) mass is 314 g/mol. The van der Waals surface area contributed by atoms with E-state index in [1.54, 1.807) is 0 Å². The first kappa shape index (κ1) is 13.5. The molecule has 4 N–H and O–H groups in total. The highest BCUT2D eigenvalue weighted by Gasteiger charge is 2.31. The first-order valence-electron chi connectivity index (χ1n) is 6.66. The fourth-order valence-corrected chi connectivity index (χ4v) is 2.72. The smallest absolute Gasteiger partial charge is 0.257 e. The van der Waals surface area contributed by atoms with Gasteiger partial charge in [0.15, 0.2) is 5.76 Å². The van der Waals surface area contributed by atoms with Gasteiger partial charge in [0.25, 0.3) is 6.29 Å². The number of ether oxygens (including phenoxy) is 1. The van der Waals surface area contributed by atoms with Crippen molar-refractivity contribution in [2.24, 2.45) is 0 Å². The largest absolute Gasteiger partial charge is 0.508 e. The molecule has 0 radical (unpaired) electrons. The van der Waals surface area contributed by atoms with Gasteiger partial charge in [0, 0.05) is 23.8 Å². The molecule has 1 aromatic heterocycles. The molecule has 1 unspecified atom stereocenters. The molecular formula is C16H10O7. The van der Waals surface area contributed by atoms with E-state index in [9.17, 15) is 25.2 Å². The van der Waals surface area contributed by atoms with Crippen LogP contribution in [-0.4, -0.2) is 20.4 Å². The molecule has 0 fully saturated rings. The van der Waals surface area contributed by atoms with Crippen molar-refractivity contribution in [3.63, 3.8) is 0 Å². The topological polar surface area (TPSA) is 120 Å². The second-order valence-electron chi connectivity index (χ2n) is 5.16. The summed E-state index contributed by atoms with van der Waals surface area (Å²) in [6.07, 6.45) is -1.55. The third-order valence-electron chi connectivity index (χ3n) is 3.68. The van der Waals surface area contributed by atoms with Gasteiger partial charge < -0.3 is 29.6 Å². The number of phenolic OH excluding ortho intramolecular Hbond substituents is 3. The van der Waals surface area contributed by atoms with Crippen molar-refractivity contribution in [1.29, 1.82) is 0 Å². The van der Waals surface area contributed by atoms with Crippen LogP contribution in [0.3, 0.4) is 0 Å². The summed E-state index contributed by atoms with van der Waals surface area (Å²) in [5.41, 5.74) is -0.289. The molecule has 7 nitrogen and oxygen atoms in total. The molecule has 3 aromatic rings. The number of fused-ring (bicyclic) bond motifs is 4. The van der Waals surface area contributed by atoms with Crippen LogP contribution in [0.5, 0.6) is 23.0 Å². The van der Waals surface area contributed by atoms with Crippen LogP contribution in [0.4, 0.5) is 0 Å². The number of aliphatic hydroxyl groups excluding tert-OH is 1. The van der Waals surface area contributed by atoms with E-state index in [4.69, 9.17) is 9.15 Å². The Balaban J connectivity index is 2.16. The highest BCUT2D eigenvalue weighted by atomic mass is 16.6. The minimum atomic E-state index is -1.55. The van der Waals surface area contributed by atoms with Crippen molar-refractivity contribution >= 4 is 11.0 Å². The lowest BCUT2D eigenvalue weighted by atomic mass is 9.98. The molecule has 0 saturated heterocycles. The van der Waals surface area contributed by atoms with Crippen LogP contribution in [0.1, 0.15) is 12.1 Å². The normalized spacial score (nSPS) is 15.8. The molecule has 0 saturated carbocycles. The molecule has 2 aromatic carbocycles. The first-order valence-corrected chi connectivity index (χ1v) is 6.66. The van der Waals surface area contributed by atoms with Crippen molar-refractivity contribution in [2.75, 3.05) is 0 Å². The molecule has 1 aliphatic rings. The van der Waals surface area contributed by atoms with Crippen LogP contribution in [0, 0.1) is 0 Å². The Morgan fingerprint density at radius 2 is 1.78 bits per heavy atom. The summed E-state index contributed by atoms with van der Waals surface area (Å²) in [5, 5.41) is 38.9. The van der Waals surface area contributed by atoms with Gasteiger partial charge in [-0.15, -0.1) is 0 Å². The lowest BCUT2D eigenvalue weighted by Crippen LogP contribution is -2.19. The van der Waals surface area contributed by atoms with E-state index in [-0.39, 0.29) is 39.5 Å². The number of rotatable bonds is 0. The predicted molar refractivity (Wildman–Crippen MR) is 78.5 cm³/mol. The third-order valence-corrected chi connectivity index (χ3v) is 3.68. The van der Waals surface area contributed by atoms with Crippen molar-refractivity contribution < 1.29 is 29.6 Å². The van der Waals surface area contributed by atoms with Crippen LogP contribution >= 0.6 is 0 Å². The standard InChI is InChI=1S/C16H10O7/c17-6-1-2-8-10(4-6)23-16(21)15-12(8)14(20)13-9(19)3-7(18)5-11(13)22-15/h1-5,16-19,21H. The lowest BCUT2D eigenvalue weighted by Gasteiger charge is -2.23. The van der Waals surface area contributed by atoms with Crippen molar-refractivity contribution in [2.45, 2.75) is 6.29 Å². The molecule has 0 bridgehead atoms. The second kappa shape index (κ2) is 4.40. The zero-order valence-electron chi connectivity index (χ0n) is 11.5. The summed E-state index contributed by atoms with van der Waals surface area (Å²) < 4.78 is 10.7. The van der Waals surface area contributed by atoms with Gasteiger partial charge in [0.2, 0.25) is 5.43 Å². The highest BCUT2D eigenvalue weighted by Crippen LogP contribution is 2.43. The minimum Gasteiger partial charge on any atom is -0.508 e. The molecule has 0 amide bonds. The molecule has 0 spiro atoms. The quantitative estimate of drug-likeness (QED) is 0.500. The maximum absolute atomic E-state index is 12.8. The second-order valence-corrected chi connectivity index (χ2v) is 5.16. The average Bonchev–Trinajstić information content (AvgIpc) is 2.46. The van der Waals surface area contributed by atoms with E-state index in [1.165, 1.54) is 18.2 Å². The predicted octanol–water partition coefficient (Wildman–Crippen LogP) is 1.96. The zero-order chi connectivity index (χ0) is 16.3. The molecule has 116 valence electrons. The molecule has 7 heteroatoms. The van der Waals surface area contributed by atoms with Crippen LogP contribution < -0.4 is 10.2 Å². The fourth-order valence-electron chi connectivity index (χ4n) is 2.72. The minimum absolute atomic E-state index is 0.0345. The van der Waals surface area contributed by atoms with Gasteiger partial charge in [0.1, 0.15) is 34.0 Å². The van der Waals surface area contributed by atoms with Gasteiger partial charge >= 0.3 is 0 Å². The van der Waals surface area contributed by atoms with Crippen LogP contribution in [0.15, 0.2) is 39.5 Å². The van der Waals surface area contributed by atoms with Gasteiger partial charge in [0.05, 0.1) is 5.56 Å². The number of hydrogen-bond donors (Lipinski definition) is 4.